The fourth-order valence-electron chi connectivity index (χ4n) is 3.79. The minimum absolute atomic E-state index is 0.240. The Kier molecular flexibility index (Phi) is 7.58. The molecule has 0 radical (unpaired) electrons. The van der Waals surface area contributed by atoms with E-state index in [1.165, 1.54) is 0 Å². The van der Waals surface area contributed by atoms with E-state index in [-0.39, 0.29) is 6.42 Å². The Labute approximate surface area is 172 Å². The smallest absolute Gasteiger partial charge is 0.159 e. The van der Waals surface area contributed by atoms with Gasteiger partial charge in [0.1, 0.15) is 17.8 Å². The van der Waals surface area contributed by atoms with Crippen molar-refractivity contribution in [3.8, 4) is 0 Å². The third-order valence-corrected chi connectivity index (χ3v) is 5.45. The quantitative estimate of drug-likeness (QED) is 0.495. The molecule has 0 saturated heterocycles. The second kappa shape index (κ2) is 10.1. The first-order chi connectivity index (χ1) is 14.1. The fraction of sp³-hybridized carbons (Fsp3) is 0.417. The lowest BCUT2D eigenvalue weighted by molar-refractivity contribution is -0.188. The molecule has 5 nitrogen and oxygen atoms in total. The van der Waals surface area contributed by atoms with E-state index < -0.39 is 30.2 Å². The van der Waals surface area contributed by atoms with Crippen molar-refractivity contribution < 1.29 is 24.4 Å². The molecule has 29 heavy (non-hydrogen) atoms. The minimum atomic E-state index is -1.25. The summed E-state index contributed by atoms with van der Waals surface area (Å²) in [5.41, 5.74) is 0.372. The zero-order valence-electron chi connectivity index (χ0n) is 17.0. The fourth-order valence-corrected chi connectivity index (χ4v) is 3.79. The van der Waals surface area contributed by atoms with Crippen LogP contribution in [-0.2, 0) is 14.2 Å². The molecule has 4 atom stereocenters. The Morgan fingerprint density at radius 3 is 2.14 bits per heavy atom. The van der Waals surface area contributed by atoms with Crippen molar-refractivity contribution in [2.45, 2.75) is 49.5 Å². The van der Waals surface area contributed by atoms with Crippen molar-refractivity contribution in [3.05, 3.63) is 83.9 Å². The van der Waals surface area contributed by atoms with E-state index in [0.29, 0.717) is 6.42 Å². The number of rotatable bonds is 9. The molecule has 0 saturated carbocycles. The largest absolute Gasteiger partial charge is 0.385 e. The Balaban J connectivity index is 1.89. The highest BCUT2D eigenvalue weighted by Gasteiger charge is 2.42. The van der Waals surface area contributed by atoms with Gasteiger partial charge in [0.05, 0.1) is 6.10 Å². The molecule has 0 bridgehead atoms. The van der Waals surface area contributed by atoms with Crippen molar-refractivity contribution >= 4 is 0 Å². The molecule has 156 valence electrons. The van der Waals surface area contributed by atoms with E-state index in [4.69, 9.17) is 14.2 Å². The first-order valence-corrected chi connectivity index (χ1v) is 9.96. The molecule has 0 aromatic heterocycles. The van der Waals surface area contributed by atoms with Crippen LogP contribution in [0.4, 0.5) is 0 Å². The van der Waals surface area contributed by atoms with E-state index in [0.717, 1.165) is 17.5 Å². The predicted molar refractivity (Wildman–Crippen MR) is 111 cm³/mol. The summed E-state index contributed by atoms with van der Waals surface area (Å²) in [4.78, 5) is 0. The number of allylic oxidation sites excluding steroid dienone is 1. The lowest BCUT2D eigenvalue weighted by Crippen LogP contribution is -2.47. The van der Waals surface area contributed by atoms with Gasteiger partial charge in [-0.3, -0.25) is 0 Å². The van der Waals surface area contributed by atoms with Crippen molar-refractivity contribution in [1.29, 1.82) is 0 Å². The van der Waals surface area contributed by atoms with Gasteiger partial charge < -0.3 is 24.4 Å². The van der Waals surface area contributed by atoms with Gasteiger partial charge in [0, 0.05) is 20.6 Å². The number of hydrogen-bond donors (Lipinski definition) is 2. The first kappa shape index (κ1) is 21.7. The standard InChI is InChI=1S/C24H30O5/c1-27-21(28-2)17-24(26)16-10-9-15-20(24)29-23(19-13-7-4-8-14-19)22(25)18-11-5-3-6-12-18/h3-8,10-14,16,20-23,25-26H,9,15,17H2,1-2H3/t20-,22+,23+,24+/m0/s1. The van der Waals surface area contributed by atoms with Crippen molar-refractivity contribution in [1.82, 2.24) is 0 Å². The molecule has 2 N–H and O–H groups in total. The molecule has 1 aliphatic carbocycles. The lowest BCUT2D eigenvalue weighted by atomic mass is 9.84. The van der Waals surface area contributed by atoms with Gasteiger partial charge in [-0.25, -0.2) is 0 Å². The summed E-state index contributed by atoms with van der Waals surface area (Å²) in [6.45, 7) is 0. The molecule has 0 unspecified atom stereocenters. The number of aliphatic hydroxyl groups is 2. The van der Waals surface area contributed by atoms with Crippen LogP contribution in [0.1, 0.15) is 42.6 Å². The summed E-state index contributed by atoms with van der Waals surface area (Å²) in [5.74, 6) is 0. The summed E-state index contributed by atoms with van der Waals surface area (Å²) >= 11 is 0. The molecule has 0 heterocycles. The summed E-state index contributed by atoms with van der Waals surface area (Å²) in [6, 6.07) is 19.1. The summed E-state index contributed by atoms with van der Waals surface area (Å²) < 4.78 is 17.0. The summed E-state index contributed by atoms with van der Waals surface area (Å²) in [6.07, 6.45) is 2.84. The van der Waals surface area contributed by atoms with Gasteiger partial charge in [0.2, 0.25) is 0 Å². The third-order valence-electron chi connectivity index (χ3n) is 5.45. The molecular weight excluding hydrogens is 368 g/mol. The molecule has 2 aromatic carbocycles. The molecule has 0 aliphatic heterocycles. The van der Waals surface area contributed by atoms with Crippen LogP contribution in [0, 0.1) is 0 Å². The molecular formula is C24H30O5. The average molecular weight is 398 g/mol. The van der Waals surface area contributed by atoms with Gasteiger partial charge in [-0.2, -0.15) is 0 Å². The van der Waals surface area contributed by atoms with Gasteiger partial charge in [0.15, 0.2) is 6.29 Å². The maximum atomic E-state index is 11.4. The minimum Gasteiger partial charge on any atom is -0.385 e. The van der Waals surface area contributed by atoms with Crippen LogP contribution in [0.25, 0.3) is 0 Å². The van der Waals surface area contributed by atoms with E-state index in [1.807, 2.05) is 66.7 Å². The highest BCUT2D eigenvalue weighted by molar-refractivity contribution is 5.25. The summed E-state index contributed by atoms with van der Waals surface area (Å²) in [5, 5.41) is 22.5. The zero-order chi connectivity index (χ0) is 20.7. The van der Waals surface area contributed by atoms with Gasteiger partial charge in [-0.1, -0.05) is 72.8 Å². The van der Waals surface area contributed by atoms with Crippen LogP contribution in [0.3, 0.4) is 0 Å². The Bertz CT molecular complexity index is 759. The Morgan fingerprint density at radius 2 is 1.55 bits per heavy atom. The van der Waals surface area contributed by atoms with E-state index >= 15 is 0 Å². The monoisotopic (exact) mass is 398 g/mol. The molecule has 0 fully saturated rings. The molecule has 5 heteroatoms. The van der Waals surface area contributed by atoms with E-state index in [9.17, 15) is 10.2 Å². The van der Waals surface area contributed by atoms with Crippen molar-refractivity contribution in [2.75, 3.05) is 14.2 Å². The highest BCUT2D eigenvalue weighted by atomic mass is 16.7. The molecule has 1 aliphatic rings. The summed E-state index contributed by atoms with van der Waals surface area (Å²) in [7, 11) is 3.09. The Morgan fingerprint density at radius 1 is 0.966 bits per heavy atom. The van der Waals surface area contributed by atoms with Gasteiger partial charge in [-0.05, 0) is 24.0 Å². The maximum absolute atomic E-state index is 11.4. The van der Waals surface area contributed by atoms with Gasteiger partial charge in [-0.15, -0.1) is 0 Å². The lowest BCUT2D eigenvalue weighted by Gasteiger charge is -2.40. The van der Waals surface area contributed by atoms with E-state index in [1.54, 1.807) is 20.3 Å². The normalized spacial score (nSPS) is 23.8. The van der Waals surface area contributed by atoms with Gasteiger partial charge >= 0.3 is 0 Å². The molecule has 0 amide bonds. The van der Waals surface area contributed by atoms with Crippen molar-refractivity contribution in [3.63, 3.8) is 0 Å². The average Bonchev–Trinajstić information content (AvgIpc) is 2.77. The third kappa shape index (κ3) is 5.32. The van der Waals surface area contributed by atoms with Crippen molar-refractivity contribution in [2.24, 2.45) is 0 Å². The molecule has 2 aromatic rings. The second-order valence-corrected chi connectivity index (χ2v) is 7.39. The van der Waals surface area contributed by atoms with Crippen LogP contribution < -0.4 is 0 Å². The van der Waals surface area contributed by atoms with E-state index in [2.05, 4.69) is 0 Å². The second-order valence-electron chi connectivity index (χ2n) is 7.39. The first-order valence-electron chi connectivity index (χ1n) is 9.96. The highest BCUT2D eigenvalue weighted by Crippen LogP contribution is 2.39. The number of hydrogen-bond acceptors (Lipinski definition) is 5. The molecule has 3 rings (SSSR count). The SMILES string of the molecule is COC(C[C@]1(O)C=CCC[C@@H]1O[C@H](c1ccccc1)[C@H](O)c1ccccc1)OC. The van der Waals surface area contributed by atoms with Crippen LogP contribution in [-0.4, -0.2) is 42.4 Å². The van der Waals surface area contributed by atoms with Crippen LogP contribution in [0.5, 0.6) is 0 Å². The number of methoxy groups -OCH3 is 2. The number of benzene rings is 2. The van der Waals surface area contributed by atoms with Crippen LogP contribution >= 0.6 is 0 Å². The van der Waals surface area contributed by atoms with Crippen LogP contribution in [0.15, 0.2) is 72.8 Å². The molecule has 0 spiro atoms. The van der Waals surface area contributed by atoms with Crippen LogP contribution in [0.2, 0.25) is 0 Å². The number of ether oxygens (including phenoxy) is 3. The van der Waals surface area contributed by atoms with Gasteiger partial charge in [0.25, 0.3) is 0 Å². The topological polar surface area (TPSA) is 68.2 Å². The Hall–Kier alpha value is -2.02. The maximum Gasteiger partial charge on any atom is 0.159 e. The predicted octanol–water partition coefficient (Wildman–Crippen LogP) is 3.94. The number of aliphatic hydroxyl groups excluding tert-OH is 1. The zero-order valence-corrected chi connectivity index (χ0v) is 17.0.